The first kappa shape index (κ1) is 22.5. The number of hydrogen-bond acceptors (Lipinski definition) is 6. The molecule has 3 aromatic rings. The van der Waals surface area contributed by atoms with Gasteiger partial charge in [-0.15, -0.1) is 0 Å². The molecule has 0 aromatic heterocycles. The van der Waals surface area contributed by atoms with Crippen LogP contribution in [0.5, 0.6) is 17.2 Å². The smallest absolute Gasteiger partial charge is 0.245 e. The zero-order valence-electron chi connectivity index (χ0n) is 18.1. The van der Waals surface area contributed by atoms with E-state index in [-0.39, 0.29) is 19.1 Å². The second-order valence-corrected chi connectivity index (χ2v) is 9.47. The van der Waals surface area contributed by atoms with Crippen LogP contribution in [0.3, 0.4) is 0 Å². The van der Waals surface area contributed by atoms with E-state index in [0.717, 1.165) is 9.87 Å². The number of amides is 1. The number of rotatable bonds is 9. The Morgan fingerprint density at radius 1 is 1.00 bits per heavy atom. The molecule has 1 amide bonds. The molecule has 0 saturated heterocycles. The zero-order chi connectivity index (χ0) is 23.3. The summed E-state index contributed by atoms with van der Waals surface area (Å²) in [5, 5.41) is 2.74. The number of nitrogens with one attached hydrogen (secondary N) is 1. The number of nitrogens with zero attached hydrogens (tertiary/aromatic N) is 1. The Morgan fingerprint density at radius 2 is 1.73 bits per heavy atom. The number of benzene rings is 3. The normalized spacial score (nSPS) is 12.3. The van der Waals surface area contributed by atoms with E-state index in [1.807, 2.05) is 30.3 Å². The maximum atomic E-state index is 12.7. The summed E-state index contributed by atoms with van der Waals surface area (Å²) < 4.78 is 42.8. The Bertz CT molecular complexity index is 1210. The molecule has 0 radical (unpaired) electrons. The Balaban J connectivity index is 1.41. The van der Waals surface area contributed by atoms with E-state index in [2.05, 4.69) is 5.32 Å². The lowest BCUT2D eigenvalue weighted by atomic mass is 10.2. The van der Waals surface area contributed by atoms with Gasteiger partial charge in [-0.1, -0.05) is 30.3 Å². The lowest BCUT2D eigenvalue weighted by molar-refractivity contribution is -0.114. The average Bonchev–Trinajstić information content (AvgIpc) is 3.30. The Kier molecular flexibility index (Phi) is 6.69. The maximum absolute atomic E-state index is 12.7. The molecule has 1 aliphatic heterocycles. The van der Waals surface area contributed by atoms with Crippen molar-refractivity contribution >= 4 is 27.3 Å². The second-order valence-electron chi connectivity index (χ2n) is 7.29. The highest BCUT2D eigenvalue weighted by atomic mass is 32.2. The number of hydrogen-bond donors (Lipinski definition) is 1. The van der Waals surface area contributed by atoms with Crippen LogP contribution in [0.25, 0.3) is 0 Å². The van der Waals surface area contributed by atoms with Gasteiger partial charge in [-0.2, -0.15) is 0 Å². The van der Waals surface area contributed by atoms with E-state index in [1.54, 1.807) is 42.5 Å². The molecular weight excluding hydrogens is 444 g/mol. The second kappa shape index (κ2) is 9.83. The van der Waals surface area contributed by atoms with Crippen LogP contribution < -0.4 is 23.8 Å². The molecule has 33 heavy (non-hydrogen) atoms. The van der Waals surface area contributed by atoms with Gasteiger partial charge in [0.1, 0.15) is 18.9 Å². The Labute approximate surface area is 192 Å². The molecule has 1 aliphatic rings. The van der Waals surface area contributed by atoms with Gasteiger partial charge >= 0.3 is 0 Å². The van der Waals surface area contributed by atoms with Crippen molar-refractivity contribution in [3.05, 3.63) is 78.4 Å². The van der Waals surface area contributed by atoms with Gasteiger partial charge in [0.2, 0.25) is 22.7 Å². The van der Waals surface area contributed by atoms with Crippen molar-refractivity contribution in [2.75, 3.05) is 28.7 Å². The van der Waals surface area contributed by atoms with E-state index in [0.29, 0.717) is 35.2 Å². The molecule has 4 rings (SSSR count). The number of carbonyl (C=O) groups is 1. The summed E-state index contributed by atoms with van der Waals surface area (Å²) in [7, 11) is -3.70. The van der Waals surface area contributed by atoms with Gasteiger partial charge in [0.15, 0.2) is 11.5 Å². The van der Waals surface area contributed by atoms with Gasteiger partial charge in [0.05, 0.1) is 11.4 Å². The number of sulfonamides is 1. The van der Waals surface area contributed by atoms with Gasteiger partial charge < -0.3 is 19.5 Å². The van der Waals surface area contributed by atoms with E-state index in [4.69, 9.17) is 14.2 Å². The molecule has 0 bridgehead atoms. The molecule has 8 nitrogen and oxygen atoms in total. The van der Waals surface area contributed by atoms with E-state index in [9.17, 15) is 13.2 Å². The van der Waals surface area contributed by atoms with Crippen LogP contribution in [0.2, 0.25) is 0 Å². The SMILES string of the molecule is CCS(=O)(=O)N(CC(=O)Nc1ccc(OCc2ccccc2)cc1)c1ccc2c(c1)OCO2. The van der Waals surface area contributed by atoms with Crippen molar-refractivity contribution < 1.29 is 27.4 Å². The number of fused-ring (bicyclic) bond motifs is 1. The van der Waals surface area contributed by atoms with Crippen LogP contribution in [0.15, 0.2) is 72.8 Å². The monoisotopic (exact) mass is 468 g/mol. The average molecular weight is 469 g/mol. The highest BCUT2D eigenvalue weighted by Gasteiger charge is 2.25. The van der Waals surface area contributed by atoms with Gasteiger partial charge in [0.25, 0.3) is 0 Å². The molecule has 0 unspecified atom stereocenters. The predicted octanol–water partition coefficient (Wildman–Crippen LogP) is 3.79. The first-order valence-corrected chi connectivity index (χ1v) is 12.0. The molecule has 0 atom stereocenters. The molecule has 0 fully saturated rings. The molecule has 0 saturated carbocycles. The molecule has 0 spiro atoms. The van der Waals surface area contributed by atoms with Crippen molar-refractivity contribution in [1.82, 2.24) is 0 Å². The van der Waals surface area contributed by atoms with Crippen molar-refractivity contribution in [2.45, 2.75) is 13.5 Å². The summed E-state index contributed by atoms with van der Waals surface area (Å²) in [5.74, 6) is 1.01. The maximum Gasteiger partial charge on any atom is 0.245 e. The van der Waals surface area contributed by atoms with Gasteiger partial charge in [0, 0.05) is 11.8 Å². The van der Waals surface area contributed by atoms with Crippen molar-refractivity contribution in [1.29, 1.82) is 0 Å². The number of ether oxygens (including phenoxy) is 3. The fraction of sp³-hybridized carbons (Fsp3) is 0.208. The molecule has 9 heteroatoms. The lowest BCUT2D eigenvalue weighted by Crippen LogP contribution is -2.39. The quantitative estimate of drug-likeness (QED) is 0.514. The third-order valence-corrected chi connectivity index (χ3v) is 6.76. The molecule has 1 N–H and O–H groups in total. The summed E-state index contributed by atoms with van der Waals surface area (Å²) >= 11 is 0. The predicted molar refractivity (Wildman–Crippen MR) is 125 cm³/mol. The fourth-order valence-electron chi connectivity index (χ4n) is 3.25. The topological polar surface area (TPSA) is 94.2 Å². The number of carbonyl (C=O) groups excluding carboxylic acids is 1. The van der Waals surface area contributed by atoms with Gasteiger partial charge in [-0.05, 0) is 48.9 Å². The molecule has 3 aromatic carbocycles. The first-order chi connectivity index (χ1) is 15.9. The van der Waals surface area contributed by atoms with Gasteiger partial charge in [-0.25, -0.2) is 8.42 Å². The summed E-state index contributed by atoms with van der Waals surface area (Å²) in [6.07, 6.45) is 0. The molecular formula is C24H24N2O6S. The van der Waals surface area contributed by atoms with E-state index < -0.39 is 15.9 Å². The summed E-state index contributed by atoms with van der Waals surface area (Å²) in [6, 6.07) is 21.5. The van der Waals surface area contributed by atoms with Crippen molar-refractivity contribution in [3.63, 3.8) is 0 Å². The highest BCUT2D eigenvalue weighted by molar-refractivity contribution is 7.92. The van der Waals surface area contributed by atoms with E-state index in [1.165, 1.54) is 6.92 Å². The summed E-state index contributed by atoms with van der Waals surface area (Å²) in [4.78, 5) is 12.7. The van der Waals surface area contributed by atoms with Crippen LogP contribution >= 0.6 is 0 Å². The zero-order valence-corrected chi connectivity index (χ0v) is 18.9. The first-order valence-electron chi connectivity index (χ1n) is 10.4. The van der Waals surface area contributed by atoms with Crippen LogP contribution in [-0.2, 0) is 21.4 Å². The standard InChI is InChI=1S/C24H24N2O6S/c1-2-33(28,29)26(20-10-13-22-23(14-20)32-17-31-22)15-24(27)25-19-8-11-21(12-9-19)30-16-18-6-4-3-5-7-18/h3-14H,2,15-17H2,1H3,(H,25,27). The van der Waals surface area contributed by atoms with Crippen LogP contribution in [0, 0.1) is 0 Å². The van der Waals surface area contributed by atoms with E-state index >= 15 is 0 Å². The minimum absolute atomic E-state index is 0.0743. The fourth-order valence-corrected chi connectivity index (χ4v) is 4.31. The van der Waals surface area contributed by atoms with Crippen molar-refractivity contribution in [2.24, 2.45) is 0 Å². The summed E-state index contributed by atoms with van der Waals surface area (Å²) in [5.41, 5.74) is 1.92. The van der Waals surface area contributed by atoms with Gasteiger partial charge in [-0.3, -0.25) is 9.10 Å². The third-order valence-electron chi connectivity index (χ3n) is 5.02. The highest BCUT2D eigenvalue weighted by Crippen LogP contribution is 2.36. The lowest BCUT2D eigenvalue weighted by Gasteiger charge is -2.23. The van der Waals surface area contributed by atoms with Crippen LogP contribution in [-0.4, -0.2) is 33.4 Å². The molecule has 172 valence electrons. The molecule has 1 heterocycles. The largest absolute Gasteiger partial charge is 0.489 e. The van der Waals surface area contributed by atoms with Crippen LogP contribution in [0.4, 0.5) is 11.4 Å². The summed E-state index contributed by atoms with van der Waals surface area (Å²) in [6.45, 7) is 1.67. The minimum atomic E-state index is -3.70. The molecule has 0 aliphatic carbocycles. The number of anilines is 2. The van der Waals surface area contributed by atoms with Crippen LogP contribution in [0.1, 0.15) is 12.5 Å². The third kappa shape index (κ3) is 5.56. The Hall–Kier alpha value is -3.72. The Morgan fingerprint density at radius 3 is 2.45 bits per heavy atom. The minimum Gasteiger partial charge on any atom is -0.489 e. The van der Waals surface area contributed by atoms with Crippen molar-refractivity contribution in [3.8, 4) is 17.2 Å².